The molecule has 166 valence electrons. The number of hydrogen-bond acceptors (Lipinski definition) is 5. The lowest BCUT2D eigenvalue weighted by atomic mass is 10.0. The molecule has 2 heterocycles. The minimum absolute atomic E-state index is 0.00766. The number of aromatic nitrogens is 3. The van der Waals surface area contributed by atoms with Gasteiger partial charge in [0.15, 0.2) is 5.82 Å². The van der Waals surface area contributed by atoms with Crippen molar-refractivity contribution in [3.05, 3.63) is 41.7 Å². The zero-order valence-electron chi connectivity index (χ0n) is 15.7. The summed E-state index contributed by atoms with van der Waals surface area (Å²) in [6, 6.07) is 1.03. The fraction of sp³-hybridized carbons (Fsp3) is 0.333. The largest absolute Gasteiger partial charge is 0.469 e. The lowest BCUT2D eigenvalue weighted by molar-refractivity contribution is -0.154. The molecule has 0 unspecified atom stereocenters. The molecule has 0 bridgehead atoms. The van der Waals surface area contributed by atoms with Crippen molar-refractivity contribution >= 4 is 18.1 Å². The Morgan fingerprint density at radius 1 is 1.06 bits per heavy atom. The number of halogens is 6. The minimum Gasteiger partial charge on any atom is -0.469 e. The van der Waals surface area contributed by atoms with E-state index in [0.29, 0.717) is 12.1 Å². The van der Waals surface area contributed by atoms with Gasteiger partial charge in [-0.15, -0.1) is 5.10 Å². The van der Waals surface area contributed by atoms with Gasteiger partial charge in [0.25, 0.3) is 0 Å². The molecule has 1 aliphatic rings. The zero-order valence-corrected chi connectivity index (χ0v) is 15.7. The molecule has 0 radical (unpaired) electrons. The number of hydrogen-bond donors (Lipinski definition) is 0. The molecular formula is C18H14F6N4O3. The average Bonchev–Trinajstić information content (AvgIpc) is 3.12. The monoisotopic (exact) mass is 448 g/mol. The number of methoxy groups -OCH3 is 1. The van der Waals surface area contributed by atoms with Gasteiger partial charge < -0.3 is 9.64 Å². The quantitative estimate of drug-likeness (QED) is 0.408. The van der Waals surface area contributed by atoms with Crippen molar-refractivity contribution in [3.63, 3.8) is 0 Å². The molecule has 1 aromatic heterocycles. The lowest BCUT2D eigenvalue weighted by Crippen LogP contribution is -2.52. The van der Waals surface area contributed by atoms with E-state index in [1.807, 2.05) is 0 Å². The summed E-state index contributed by atoms with van der Waals surface area (Å²) in [5, 5.41) is 3.80. The van der Waals surface area contributed by atoms with Crippen LogP contribution in [0.25, 0.3) is 17.6 Å². The molecule has 1 fully saturated rings. The molecule has 0 aliphatic carbocycles. The zero-order chi connectivity index (χ0) is 23.0. The molecule has 0 spiro atoms. The number of ether oxygens (including phenoxy) is 1. The fourth-order valence-corrected chi connectivity index (χ4v) is 2.78. The molecule has 0 N–H and O–H groups in total. The summed E-state index contributed by atoms with van der Waals surface area (Å²) in [5.41, 5.74) is -3.46. The van der Waals surface area contributed by atoms with E-state index < -0.39 is 46.8 Å². The Balaban J connectivity index is 1.77. The van der Waals surface area contributed by atoms with E-state index in [2.05, 4.69) is 14.8 Å². The summed E-state index contributed by atoms with van der Waals surface area (Å²) in [5.74, 6) is -1.70. The second-order valence-corrected chi connectivity index (χ2v) is 6.62. The minimum atomic E-state index is -5.00. The first-order valence-electron chi connectivity index (χ1n) is 8.64. The average molecular weight is 448 g/mol. The van der Waals surface area contributed by atoms with Gasteiger partial charge in [-0.2, -0.15) is 26.3 Å². The van der Waals surface area contributed by atoms with Crippen LogP contribution >= 0.6 is 0 Å². The predicted octanol–water partition coefficient (Wildman–Crippen LogP) is 3.08. The van der Waals surface area contributed by atoms with Crippen molar-refractivity contribution in [1.29, 1.82) is 0 Å². The van der Waals surface area contributed by atoms with Crippen molar-refractivity contribution in [1.82, 2.24) is 19.7 Å². The highest BCUT2D eigenvalue weighted by Crippen LogP contribution is 2.38. The van der Waals surface area contributed by atoms with Gasteiger partial charge in [0.05, 0.1) is 24.2 Å². The number of carbonyl (C=O) groups excluding carboxylic acids is 2. The molecule has 0 atom stereocenters. The van der Waals surface area contributed by atoms with Crippen LogP contribution < -0.4 is 0 Å². The van der Waals surface area contributed by atoms with Gasteiger partial charge in [-0.3, -0.25) is 9.59 Å². The third-order valence-corrected chi connectivity index (χ3v) is 4.45. The van der Waals surface area contributed by atoms with Crippen molar-refractivity contribution < 1.29 is 40.7 Å². The topological polar surface area (TPSA) is 77.3 Å². The molecule has 7 nitrogen and oxygen atoms in total. The maximum Gasteiger partial charge on any atom is 0.416 e. The lowest BCUT2D eigenvalue weighted by Gasteiger charge is -2.36. The maximum absolute atomic E-state index is 13.0. The molecule has 3 rings (SSSR count). The van der Waals surface area contributed by atoms with Crippen molar-refractivity contribution in [2.45, 2.75) is 12.4 Å². The van der Waals surface area contributed by atoms with Crippen LogP contribution in [-0.4, -0.2) is 51.7 Å². The molecular weight excluding hydrogens is 434 g/mol. The van der Waals surface area contributed by atoms with Crippen LogP contribution in [0.5, 0.6) is 0 Å². The van der Waals surface area contributed by atoms with E-state index in [1.165, 1.54) is 12.0 Å². The second-order valence-electron chi connectivity index (χ2n) is 6.62. The molecule has 1 saturated heterocycles. The smallest absolute Gasteiger partial charge is 0.416 e. The van der Waals surface area contributed by atoms with Crippen molar-refractivity contribution in [3.8, 4) is 11.4 Å². The first-order chi connectivity index (χ1) is 14.4. The number of rotatable bonds is 4. The van der Waals surface area contributed by atoms with Crippen LogP contribution in [0, 0.1) is 5.92 Å². The normalized spacial score (nSPS) is 15.3. The number of amides is 1. The first kappa shape index (κ1) is 22.3. The molecule has 0 saturated carbocycles. The van der Waals surface area contributed by atoms with E-state index in [1.54, 1.807) is 0 Å². The van der Waals surface area contributed by atoms with Crippen LogP contribution in [0.3, 0.4) is 0 Å². The summed E-state index contributed by atoms with van der Waals surface area (Å²) in [6.45, 7) is 0.339. The van der Waals surface area contributed by atoms with Crippen LogP contribution in [0.2, 0.25) is 0 Å². The van der Waals surface area contributed by atoms with E-state index in [9.17, 15) is 35.9 Å². The van der Waals surface area contributed by atoms with Gasteiger partial charge in [-0.1, -0.05) is 0 Å². The van der Waals surface area contributed by atoms with Gasteiger partial charge in [0, 0.05) is 30.9 Å². The standard InChI is InChI=1S/C18H14F6N4O3/c1-31-16(30)11-7-27(8-11)14(29)2-3-28-9-25-15(26-28)10-4-12(17(19,20)21)6-13(5-10)18(22,23)24/h2-6,9,11H,7-8H2,1H3/b3-2+. The Bertz CT molecular complexity index is 990. The van der Waals surface area contributed by atoms with Gasteiger partial charge in [0.1, 0.15) is 6.33 Å². The van der Waals surface area contributed by atoms with Gasteiger partial charge >= 0.3 is 18.3 Å². The Kier molecular flexibility index (Phi) is 5.79. The number of carbonyl (C=O) groups is 2. The Hall–Kier alpha value is -3.38. The predicted molar refractivity (Wildman–Crippen MR) is 92.9 cm³/mol. The molecule has 1 amide bonds. The van der Waals surface area contributed by atoms with E-state index in [-0.39, 0.29) is 25.0 Å². The van der Waals surface area contributed by atoms with Crippen molar-refractivity contribution in [2.75, 3.05) is 20.2 Å². The van der Waals surface area contributed by atoms with Crippen LogP contribution in [0.1, 0.15) is 11.1 Å². The highest BCUT2D eigenvalue weighted by molar-refractivity contribution is 5.92. The summed E-state index contributed by atoms with van der Waals surface area (Å²) in [4.78, 5) is 28.4. The second kappa shape index (κ2) is 8.04. The van der Waals surface area contributed by atoms with Crippen molar-refractivity contribution in [2.24, 2.45) is 5.92 Å². The van der Waals surface area contributed by atoms with Crippen LogP contribution in [0.15, 0.2) is 30.6 Å². The molecule has 1 aliphatic heterocycles. The number of alkyl halides is 6. The van der Waals surface area contributed by atoms with Crippen LogP contribution in [-0.2, 0) is 26.7 Å². The third kappa shape index (κ3) is 5.03. The van der Waals surface area contributed by atoms with Gasteiger partial charge in [-0.05, 0) is 18.2 Å². The third-order valence-electron chi connectivity index (χ3n) is 4.45. The highest BCUT2D eigenvalue weighted by Gasteiger charge is 2.37. The Labute approximate surface area is 170 Å². The summed E-state index contributed by atoms with van der Waals surface area (Å²) < 4.78 is 83.4. The SMILES string of the molecule is COC(=O)C1CN(C(=O)/C=C/n2cnc(-c3cc(C(F)(F)F)cc(C(F)(F)F)c3)n2)C1. The number of nitrogens with zero attached hydrogens (tertiary/aromatic N) is 4. The number of likely N-dealkylation sites (tertiary alicyclic amines) is 1. The molecule has 1 aromatic carbocycles. The fourth-order valence-electron chi connectivity index (χ4n) is 2.78. The summed E-state index contributed by atoms with van der Waals surface area (Å²) in [6.07, 6.45) is -6.74. The van der Waals surface area contributed by atoms with E-state index in [4.69, 9.17) is 0 Å². The Morgan fingerprint density at radius 3 is 2.16 bits per heavy atom. The maximum atomic E-state index is 13.0. The van der Waals surface area contributed by atoms with E-state index in [0.717, 1.165) is 23.3 Å². The van der Waals surface area contributed by atoms with Gasteiger partial charge in [0.2, 0.25) is 5.91 Å². The highest BCUT2D eigenvalue weighted by atomic mass is 19.4. The number of benzene rings is 1. The van der Waals surface area contributed by atoms with E-state index >= 15 is 0 Å². The first-order valence-corrected chi connectivity index (χ1v) is 8.64. The summed E-state index contributed by atoms with van der Waals surface area (Å²) >= 11 is 0. The number of esters is 1. The van der Waals surface area contributed by atoms with Crippen LogP contribution in [0.4, 0.5) is 26.3 Å². The summed E-state index contributed by atoms with van der Waals surface area (Å²) in [7, 11) is 1.23. The molecule has 31 heavy (non-hydrogen) atoms. The van der Waals surface area contributed by atoms with Gasteiger partial charge in [-0.25, -0.2) is 9.67 Å². The molecule has 13 heteroatoms. The molecule has 2 aromatic rings. The Morgan fingerprint density at radius 2 is 1.65 bits per heavy atom.